The highest BCUT2D eigenvalue weighted by Crippen LogP contribution is 2.35. The summed E-state index contributed by atoms with van der Waals surface area (Å²) in [5, 5.41) is 32.2. The number of allylic oxidation sites excluding steroid dienone is 1. The lowest BCUT2D eigenvalue weighted by atomic mass is 9.82. The summed E-state index contributed by atoms with van der Waals surface area (Å²) in [7, 11) is 0. The molecule has 0 saturated heterocycles. The number of carbonyl (C=O) groups is 1. The number of aliphatic hydroxyl groups is 3. The third-order valence-corrected chi connectivity index (χ3v) is 5.77. The minimum absolute atomic E-state index is 0.0667. The number of esters is 1. The molecule has 3 N–H and O–H groups in total. The third-order valence-electron chi connectivity index (χ3n) is 5.77. The highest BCUT2D eigenvalue weighted by atomic mass is 16.6. The summed E-state index contributed by atoms with van der Waals surface area (Å²) in [4.78, 5) is 12.5. The van der Waals surface area contributed by atoms with E-state index in [0.29, 0.717) is 44.1 Å². The molecule has 2 heterocycles. The van der Waals surface area contributed by atoms with Gasteiger partial charge in [-0.25, -0.2) is 4.79 Å². The van der Waals surface area contributed by atoms with Crippen LogP contribution in [0.25, 0.3) is 0 Å². The Hall–Kier alpha value is -1.17. The minimum Gasteiger partial charge on any atom is -0.453 e. The molecule has 4 atom stereocenters. The van der Waals surface area contributed by atoms with Gasteiger partial charge in [-0.2, -0.15) is 0 Å². The Morgan fingerprint density at radius 2 is 1.84 bits per heavy atom. The van der Waals surface area contributed by atoms with Crippen molar-refractivity contribution < 1.29 is 24.9 Å². The van der Waals surface area contributed by atoms with Gasteiger partial charge in [0.05, 0.1) is 17.3 Å². The van der Waals surface area contributed by atoms with Gasteiger partial charge in [-0.1, -0.05) is 32.1 Å². The zero-order valence-corrected chi connectivity index (χ0v) is 15.8. The molecule has 25 heavy (non-hydrogen) atoms. The van der Waals surface area contributed by atoms with Crippen molar-refractivity contribution in [2.24, 2.45) is 5.92 Å². The van der Waals surface area contributed by atoms with Gasteiger partial charge in [0.1, 0.15) is 5.60 Å². The number of fused-ring (bicyclic) bond motifs is 3. The van der Waals surface area contributed by atoms with E-state index in [0.717, 1.165) is 0 Å². The van der Waals surface area contributed by atoms with Crippen molar-refractivity contribution in [3.63, 3.8) is 0 Å². The van der Waals surface area contributed by atoms with E-state index in [4.69, 9.17) is 4.74 Å². The normalized spacial score (nSPS) is 40.6. The molecule has 2 bridgehead atoms. The maximum atomic E-state index is 12.5. The highest BCUT2D eigenvalue weighted by molar-refractivity contribution is 5.89. The summed E-state index contributed by atoms with van der Waals surface area (Å²) in [5.41, 5.74) is -2.68. The van der Waals surface area contributed by atoms with Crippen LogP contribution >= 0.6 is 0 Å². The fourth-order valence-corrected chi connectivity index (χ4v) is 3.42. The zero-order valence-electron chi connectivity index (χ0n) is 15.8. The molecule has 0 aromatic heterocycles. The van der Waals surface area contributed by atoms with E-state index >= 15 is 0 Å². The Morgan fingerprint density at radius 1 is 1.16 bits per heavy atom. The Morgan fingerprint density at radius 3 is 2.48 bits per heavy atom. The molecular weight excluding hydrogens is 320 g/mol. The van der Waals surface area contributed by atoms with E-state index in [1.165, 1.54) is 0 Å². The summed E-state index contributed by atoms with van der Waals surface area (Å²) in [6.07, 6.45) is 6.84. The third kappa shape index (κ3) is 4.72. The lowest BCUT2D eigenvalue weighted by Gasteiger charge is -2.34. The van der Waals surface area contributed by atoms with Gasteiger partial charge in [-0.15, -0.1) is 0 Å². The summed E-state index contributed by atoms with van der Waals surface area (Å²) in [5.74, 6) is -0.483. The van der Waals surface area contributed by atoms with Crippen molar-refractivity contribution in [1.29, 1.82) is 0 Å². The van der Waals surface area contributed by atoms with E-state index < -0.39 is 28.9 Å². The van der Waals surface area contributed by atoms with Crippen LogP contribution in [0.1, 0.15) is 66.2 Å². The van der Waals surface area contributed by atoms with Crippen molar-refractivity contribution in [2.45, 2.75) is 89.1 Å². The SMILES string of the molecule is CC(C)[C@@]1(O)C=C[C@](C)(O)CC[C@@H](O)[C@]2(C)CCC=C(CC1)C(=O)O2. The lowest BCUT2D eigenvalue weighted by molar-refractivity contribution is -0.167. The van der Waals surface area contributed by atoms with Crippen LogP contribution in [0.15, 0.2) is 23.8 Å². The summed E-state index contributed by atoms with van der Waals surface area (Å²) in [6.45, 7) is 7.24. The molecule has 142 valence electrons. The second-order valence-electron chi connectivity index (χ2n) is 8.36. The molecular formula is C20H32O5. The van der Waals surface area contributed by atoms with Crippen LogP contribution in [0.2, 0.25) is 0 Å². The van der Waals surface area contributed by atoms with Crippen molar-refractivity contribution in [2.75, 3.05) is 0 Å². The van der Waals surface area contributed by atoms with Gasteiger partial charge in [0.2, 0.25) is 0 Å². The predicted molar refractivity (Wildman–Crippen MR) is 95.8 cm³/mol. The Labute approximate surface area is 150 Å². The fourth-order valence-electron chi connectivity index (χ4n) is 3.42. The average molecular weight is 352 g/mol. The molecule has 0 aliphatic carbocycles. The van der Waals surface area contributed by atoms with E-state index in [-0.39, 0.29) is 5.92 Å². The van der Waals surface area contributed by atoms with E-state index in [2.05, 4.69) is 0 Å². The molecule has 5 heteroatoms. The molecule has 0 aromatic carbocycles. The average Bonchev–Trinajstić information content (AvgIpc) is 2.67. The first-order valence-electron chi connectivity index (χ1n) is 9.23. The summed E-state index contributed by atoms with van der Waals surface area (Å²) in [6, 6.07) is 0. The zero-order chi connectivity index (χ0) is 18.9. The van der Waals surface area contributed by atoms with Crippen molar-refractivity contribution in [3.8, 4) is 0 Å². The second kappa shape index (κ2) is 7.22. The van der Waals surface area contributed by atoms with Gasteiger partial charge < -0.3 is 20.1 Å². The van der Waals surface area contributed by atoms with E-state index in [1.54, 1.807) is 26.0 Å². The predicted octanol–water partition coefficient (Wildman–Crippen LogP) is 2.64. The van der Waals surface area contributed by atoms with Gasteiger partial charge >= 0.3 is 5.97 Å². The first kappa shape index (κ1) is 20.1. The monoisotopic (exact) mass is 352 g/mol. The second-order valence-corrected chi connectivity index (χ2v) is 8.36. The molecule has 2 rings (SSSR count). The van der Waals surface area contributed by atoms with E-state index in [9.17, 15) is 20.1 Å². The van der Waals surface area contributed by atoms with Crippen LogP contribution in [0.3, 0.4) is 0 Å². The topological polar surface area (TPSA) is 87.0 Å². The molecule has 2 aliphatic heterocycles. The maximum absolute atomic E-state index is 12.5. The maximum Gasteiger partial charge on any atom is 0.334 e. The number of rotatable bonds is 1. The minimum atomic E-state index is -1.15. The number of hydrogen-bond donors (Lipinski definition) is 3. The number of aliphatic hydroxyl groups excluding tert-OH is 1. The molecule has 0 spiro atoms. The Bertz CT molecular complexity index is 562. The highest BCUT2D eigenvalue weighted by Gasteiger charge is 2.40. The number of carbonyl (C=O) groups excluding carboxylic acids is 1. The van der Waals surface area contributed by atoms with Crippen molar-refractivity contribution in [3.05, 3.63) is 23.8 Å². The standard InChI is InChI=1S/C20H32O5/c1-14(2)20(24)11-7-15-6-5-9-19(4,25-17(15)22)16(21)8-10-18(3,23)12-13-20/h6,12-14,16,21,23-24H,5,7-11H2,1-4H3/t16-,18-,19+,20+/m1/s1. The Kier molecular flexibility index (Phi) is 5.81. The molecule has 0 amide bonds. The van der Waals surface area contributed by atoms with Crippen LogP contribution in [-0.4, -0.2) is 44.2 Å². The van der Waals surface area contributed by atoms with Crippen LogP contribution in [0.5, 0.6) is 0 Å². The first-order valence-corrected chi connectivity index (χ1v) is 9.23. The van der Waals surface area contributed by atoms with Gasteiger partial charge in [0.15, 0.2) is 0 Å². The smallest absolute Gasteiger partial charge is 0.334 e. The van der Waals surface area contributed by atoms with Crippen LogP contribution in [0, 0.1) is 5.92 Å². The number of hydrogen-bond acceptors (Lipinski definition) is 5. The van der Waals surface area contributed by atoms with Crippen molar-refractivity contribution in [1.82, 2.24) is 0 Å². The van der Waals surface area contributed by atoms with Gasteiger partial charge in [-0.05, 0) is 58.3 Å². The van der Waals surface area contributed by atoms with Gasteiger partial charge in [0.25, 0.3) is 0 Å². The van der Waals surface area contributed by atoms with E-state index in [1.807, 2.05) is 19.9 Å². The fraction of sp³-hybridized carbons (Fsp3) is 0.750. The van der Waals surface area contributed by atoms with Gasteiger partial charge in [-0.3, -0.25) is 0 Å². The molecule has 0 radical (unpaired) electrons. The quantitative estimate of drug-likeness (QED) is 0.499. The number of ether oxygens (including phenoxy) is 1. The molecule has 0 unspecified atom stereocenters. The first-order chi connectivity index (χ1) is 11.5. The van der Waals surface area contributed by atoms with Crippen LogP contribution in [0.4, 0.5) is 0 Å². The molecule has 2 aliphatic rings. The molecule has 0 saturated carbocycles. The van der Waals surface area contributed by atoms with Crippen LogP contribution in [-0.2, 0) is 9.53 Å². The van der Waals surface area contributed by atoms with Crippen molar-refractivity contribution >= 4 is 5.97 Å². The summed E-state index contributed by atoms with van der Waals surface area (Å²) >= 11 is 0. The molecule has 5 nitrogen and oxygen atoms in total. The molecule has 0 fully saturated rings. The Balaban J connectivity index is 2.39. The molecule has 0 aromatic rings. The largest absolute Gasteiger partial charge is 0.453 e. The summed E-state index contributed by atoms with van der Waals surface area (Å²) < 4.78 is 5.64. The van der Waals surface area contributed by atoms with Crippen LogP contribution < -0.4 is 0 Å². The lowest BCUT2D eigenvalue weighted by Crippen LogP contribution is -2.44. The van der Waals surface area contributed by atoms with Gasteiger partial charge in [0, 0.05) is 5.57 Å².